The van der Waals surface area contributed by atoms with Crippen molar-refractivity contribution in [3.8, 4) is 0 Å². The molecule has 1 aliphatic heterocycles. The number of carbonyl (C=O) groups excluding carboxylic acids is 2. The van der Waals surface area contributed by atoms with Gasteiger partial charge >= 0.3 is 6.09 Å². The molecule has 2 heterocycles. The Kier molecular flexibility index (Phi) is 6.62. The van der Waals surface area contributed by atoms with Crippen LogP contribution in [0.25, 0.3) is 0 Å². The second-order valence-corrected chi connectivity index (χ2v) is 8.24. The van der Waals surface area contributed by atoms with E-state index >= 15 is 0 Å². The molecule has 150 valence electrons. The normalized spacial score (nSPS) is 15.4. The molecule has 0 bridgehead atoms. The van der Waals surface area contributed by atoms with Crippen molar-refractivity contribution in [2.24, 2.45) is 5.92 Å². The first kappa shape index (κ1) is 20.9. The third kappa shape index (κ3) is 6.08. The summed E-state index contributed by atoms with van der Waals surface area (Å²) in [7, 11) is 3.39. The Labute approximate surface area is 161 Å². The number of carbonyl (C=O) groups is 2. The van der Waals surface area contributed by atoms with Gasteiger partial charge in [0.15, 0.2) is 5.69 Å². The molecule has 1 saturated heterocycles. The number of likely N-dealkylation sites (tertiary alicyclic amines) is 1. The smallest absolute Gasteiger partial charge is 0.410 e. The Bertz CT molecular complexity index is 676. The lowest BCUT2D eigenvalue weighted by atomic mass is 9.97. The van der Waals surface area contributed by atoms with Gasteiger partial charge < -0.3 is 19.9 Å². The minimum absolute atomic E-state index is 0.176. The molecular weight excluding hydrogens is 346 g/mol. The number of amides is 2. The van der Waals surface area contributed by atoms with E-state index in [0.717, 1.165) is 25.1 Å². The Morgan fingerprint density at radius 3 is 2.44 bits per heavy atom. The summed E-state index contributed by atoms with van der Waals surface area (Å²) in [5.74, 6) is 0.240. The topological polar surface area (TPSA) is 87.7 Å². The summed E-state index contributed by atoms with van der Waals surface area (Å²) in [6.07, 6.45) is 1.53. The van der Waals surface area contributed by atoms with E-state index in [2.05, 4.69) is 15.5 Å². The molecular formula is C19H31N5O3. The molecule has 27 heavy (non-hydrogen) atoms. The summed E-state index contributed by atoms with van der Waals surface area (Å²) >= 11 is 0. The Morgan fingerprint density at radius 1 is 1.26 bits per heavy atom. The molecule has 0 aromatic carbocycles. The molecule has 8 nitrogen and oxygen atoms in total. The third-order valence-corrected chi connectivity index (χ3v) is 4.37. The standard InChI is InChI=1S/C19H31N5O3/c1-13-11-15(16(22-21-13)17(25)23(5)6)20-12-14-7-9-24(10-8-14)18(26)27-19(2,3)4/h11,14H,7-10,12H2,1-6H3,(H,20,21). The molecule has 0 saturated carbocycles. The highest BCUT2D eigenvalue weighted by Gasteiger charge is 2.27. The number of piperidine rings is 1. The fraction of sp³-hybridized carbons (Fsp3) is 0.684. The first-order valence-corrected chi connectivity index (χ1v) is 9.34. The van der Waals surface area contributed by atoms with Gasteiger partial charge in [-0.3, -0.25) is 4.79 Å². The van der Waals surface area contributed by atoms with Crippen LogP contribution in [-0.4, -0.2) is 71.3 Å². The molecule has 8 heteroatoms. The SMILES string of the molecule is Cc1cc(NCC2CCN(C(=O)OC(C)(C)C)CC2)c(C(=O)N(C)C)nn1. The van der Waals surface area contributed by atoms with Gasteiger partial charge in [0.05, 0.1) is 11.4 Å². The van der Waals surface area contributed by atoms with Gasteiger partial charge in [0, 0.05) is 33.7 Å². The van der Waals surface area contributed by atoms with Crippen molar-refractivity contribution in [2.75, 3.05) is 39.0 Å². The zero-order chi connectivity index (χ0) is 20.2. The van der Waals surface area contributed by atoms with Crippen molar-refractivity contribution >= 4 is 17.7 Å². The molecule has 2 rings (SSSR count). The van der Waals surface area contributed by atoms with Crippen LogP contribution in [0.15, 0.2) is 6.07 Å². The van der Waals surface area contributed by atoms with E-state index in [1.807, 2.05) is 33.8 Å². The summed E-state index contributed by atoms with van der Waals surface area (Å²) < 4.78 is 5.43. The molecule has 0 spiro atoms. The van der Waals surface area contributed by atoms with Crippen LogP contribution in [0.4, 0.5) is 10.5 Å². The first-order chi connectivity index (χ1) is 12.6. The minimum Gasteiger partial charge on any atom is -0.444 e. The fourth-order valence-electron chi connectivity index (χ4n) is 2.89. The molecule has 1 fully saturated rings. The Hall–Kier alpha value is -2.38. The number of hydrogen-bond donors (Lipinski definition) is 1. The predicted molar refractivity (Wildman–Crippen MR) is 104 cm³/mol. The number of hydrogen-bond acceptors (Lipinski definition) is 6. The van der Waals surface area contributed by atoms with Crippen molar-refractivity contribution < 1.29 is 14.3 Å². The Balaban J connectivity index is 1.91. The minimum atomic E-state index is -0.475. The van der Waals surface area contributed by atoms with Crippen molar-refractivity contribution in [1.29, 1.82) is 0 Å². The van der Waals surface area contributed by atoms with Crippen molar-refractivity contribution in [3.05, 3.63) is 17.5 Å². The second kappa shape index (κ2) is 8.54. The molecule has 1 aromatic heterocycles. The predicted octanol–water partition coefficient (Wildman–Crippen LogP) is 2.55. The lowest BCUT2D eigenvalue weighted by molar-refractivity contribution is 0.0188. The van der Waals surface area contributed by atoms with Gasteiger partial charge in [0.2, 0.25) is 0 Å². The molecule has 0 atom stereocenters. The third-order valence-electron chi connectivity index (χ3n) is 4.37. The van der Waals surface area contributed by atoms with Gasteiger partial charge in [-0.15, -0.1) is 5.10 Å². The number of nitrogens with one attached hydrogen (secondary N) is 1. The Morgan fingerprint density at radius 2 is 1.89 bits per heavy atom. The summed E-state index contributed by atoms with van der Waals surface area (Å²) in [4.78, 5) is 27.7. The van der Waals surface area contributed by atoms with Crippen molar-refractivity contribution in [1.82, 2.24) is 20.0 Å². The quantitative estimate of drug-likeness (QED) is 0.868. The maximum atomic E-state index is 12.3. The summed E-state index contributed by atoms with van der Waals surface area (Å²) in [6.45, 7) is 9.55. The zero-order valence-electron chi connectivity index (χ0n) is 17.2. The summed E-state index contributed by atoms with van der Waals surface area (Å²) in [5, 5.41) is 11.4. The fourth-order valence-corrected chi connectivity index (χ4v) is 2.89. The number of aromatic nitrogens is 2. The molecule has 1 aliphatic rings. The lowest BCUT2D eigenvalue weighted by Crippen LogP contribution is -2.42. The van der Waals surface area contributed by atoms with Gasteiger partial charge in [0.25, 0.3) is 5.91 Å². The van der Waals surface area contributed by atoms with Crippen LogP contribution in [0.1, 0.15) is 49.8 Å². The highest BCUT2D eigenvalue weighted by atomic mass is 16.6. The average Bonchev–Trinajstić information content (AvgIpc) is 2.58. The molecule has 0 radical (unpaired) electrons. The van der Waals surface area contributed by atoms with E-state index in [-0.39, 0.29) is 12.0 Å². The maximum Gasteiger partial charge on any atom is 0.410 e. The largest absolute Gasteiger partial charge is 0.444 e. The molecule has 0 unspecified atom stereocenters. The monoisotopic (exact) mass is 377 g/mol. The molecule has 2 amide bonds. The second-order valence-electron chi connectivity index (χ2n) is 8.24. The molecule has 0 aliphatic carbocycles. The average molecular weight is 377 g/mol. The van der Waals surface area contributed by atoms with E-state index in [0.29, 0.717) is 30.4 Å². The van der Waals surface area contributed by atoms with Crippen LogP contribution in [0.2, 0.25) is 0 Å². The van der Waals surface area contributed by atoms with Crippen LogP contribution >= 0.6 is 0 Å². The first-order valence-electron chi connectivity index (χ1n) is 9.34. The van der Waals surface area contributed by atoms with Crippen LogP contribution in [0.5, 0.6) is 0 Å². The van der Waals surface area contributed by atoms with Crippen LogP contribution in [0, 0.1) is 12.8 Å². The van der Waals surface area contributed by atoms with Gasteiger partial charge in [-0.1, -0.05) is 0 Å². The number of ether oxygens (including phenoxy) is 1. The van der Waals surface area contributed by atoms with Crippen LogP contribution in [-0.2, 0) is 4.74 Å². The van der Waals surface area contributed by atoms with Gasteiger partial charge in [-0.25, -0.2) is 4.79 Å². The number of nitrogens with zero attached hydrogens (tertiary/aromatic N) is 4. The zero-order valence-corrected chi connectivity index (χ0v) is 17.2. The van der Waals surface area contributed by atoms with Crippen LogP contribution < -0.4 is 5.32 Å². The van der Waals surface area contributed by atoms with Crippen molar-refractivity contribution in [2.45, 2.75) is 46.1 Å². The van der Waals surface area contributed by atoms with E-state index in [9.17, 15) is 9.59 Å². The summed E-state index contributed by atoms with van der Waals surface area (Å²) in [5.41, 5.74) is 1.32. The molecule has 1 N–H and O–H groups in total. The summed E-state index contributed by atoms with van der Waals surface area (Å²) in [6, 6.07) is 1.85. The number of aryl methyl sites for hydroxylation is 1. The van der Waals surface area contributed by atoms with Crippen LogP contribution in [0.3, 0.4) is 0 Å². The number of rotatable bonds is 4. The highest BCUT2D eigenvalue weighted by molar-refractivity contribution is 5.97. The maximum absolute atomic E-state index is 12.3. The van der Waals surface area contributed by atoms with E-state index in [1.54, 1.807) is 19.0 Å². The molecule has 1 aromatic rings. The lowest BCUT2D eigenvalue weighted by Gasteiger charge is -2.33. The van der Waals surface area contributed by atoms with Gasteiger partial charge in [0.1, 0.15) is 5.60 Å². The van der Waals surface area contributed by atoms with E-state index in [1.165, 1.54) is 4.90 Å². The van der Waals surface area contributed by atoms with E-state index in [4.69, 9.17) is 4.74 Å². The van der Waals surface area contributed by atoms with Gasteiger partial charge in [-0.05, 0) is 52.5 Å². The number of anilines is 1. The van der Waals surface area contributed by atoms with E-state index < -0.39 is 5.60 Å². The highest BCUT2D eigenvalue weighted by Crippen LogP contribution is 2.22. The van der Waals surface area contributed by atoms with Gasteiger partial charge in [-0.2, -0.15) is 5.10 Å². The van der Waals surface area contributed by atoms with Crippen molar-refractivity contribution in [3.63, 3.8) is 0 Å².